The Morgan fingerprint density at radius 2 is 2.33 bits per heavy atom. The van der Waals surface area contributed by atoms with Crippen LogP contribution < -0.4 is 0 Å². The van der Waals surface area contributed by atoms with Crippen molar-refractivity contribution in [2.24, 2.45) is 0 Å². The van der Waals surface area contributed by atoms with Gasteiger partial charge in [-0.2, -0.15) is 0 Å². The van der Waals surface area contributed by atoms with Crippen LogP contribution in [0.5, 0.6) is 0 Å². The van der Waals surface area contributed by atoms with Crippen molar-refractivity contribution >= 4 is 11.6 Å². The molecule has 1 heterocycles. The second-order valence-corrected chi connectivity index (χ2v) is 5.12. The number of aliphatic hydroxyl groups is 1. The van der Waals surface area contributed by atoms with E-state index in [1.165, 1.54) is 0 Å². The summed E-state index contributed by atoms with van der Waals surface area (Å²) in [7, 11) is 0. The van der Waals surface area contributed by atoms with Crippen LogP contribution in [0.25, 0.3) is 0 Å². The van der Waals surface area contributed by atoms with Crippen LogP contribution in [-0.4, -0.2) is 16.2 Å². The summed E-state index contributed by atoms with van der Waals surface area (Å²) in [6.45, 7) is 0. The van der Waals surface area contributed by atoms with E-state index in [-0.39, 0.29) is 6.10 Å². The number of oxazole rings is 1. The maximum Gasteiger partial charge on any atom is 0.199 e. The Morgan fingerprint density at radius 3 is 3.17 bits per heavy atom. The van der Waals surface area contributed by atoms with E-state index in [9.17, 15) is 5.11 Å². The molecule has 0 spiro atoms. The van der Waals surface area contributed by atoms with Gasteiger partial charge >= 0.3 is 0 Å². The molecule has 1 aromatic heterocycles. The molecule has 94 valence electrons. The summed E-state index contributed by atoms with van der Waals surface area (Å²) in [6.07, 6.45) is 2.51. The Balaban J connectivity index is 1.82. The van der Waals surface area contributed by atoms with Gasteiger partial charge in [0.15, 0.2) is 5.89 Å². The van der Waals surface area contributed by atoms with Gasteiger partial charge in [0.25, 0.3) is 0 Å². The number of rotatable bonds is 2. The minimum Gasteiger partial charge on any atom is -0.445 e. The van der Waals surface area contributed by atoms with E-state index in [1.807, 2.05) is 24.3 Å². The van der Waals surface area contributed by atoms with Crippen molar-refractivity contribution in [3.05, 3.63) is 52.2 Å². The fourth-order valence-electron chi connectivity index (χ4n) is 2.31. The molecule has 1 atom stereocenters. The maximum absolute atomic E-state index is 9.59. The maximum atomic E-state index is 9.59. The number of benzene rings is 1. The lowest BCUT2D eigenvalue weighted by Crippen LogP contribution is -2.17. The Morgan fingerprint density at radius 1 is 1.44 bits per heavy atom. The highest BCUT2D eigenvalue weighted by molar-refractivity contribution is 6.30. The smallest absolute Gasteiger partial charge is 0.199 e. The first-order chi connectivity index (χ1) is 8.70. The van der Waals surface area contributed by atoms with E-state index in [2.05, 4.69) is 4.98 Å². The van der Waals surface area contributed by atoms with Gasteiger partial charge in [-0.1, -0.05) is 23.7 Å². The number of aryl methyl sites for hydroxylation is 1. The molecule has 18 heavy (non-hydrogen) atoms. The molecule has 0 radical (unpaired) electrons. The predicted molar refractivity (Wildman–Crippen MR) is 68.8 cm³/mol. The lowest BCUT2D eigenvalue weighted by molar-refractivity contribution is 0.153. The second kappa shape index (κ2) is 4.75. The summed E-state index contributed by atoms with van der Waals surface area (Å²) in [5, 5.41) is 10.3. The molecule has 0 aliphatic heterocycles. The van der Waals surface area contributed by atoms with Gasteiger partial charge in [-0.25, -0.2) is 4.98 Å². The minimum absolute atomic E-state index is 0.276. The van der Waals surface area contributed by atoms with Crippen LogP contribution in [0.3, 0.4) is 0 Å². The molecule has 0 saturated heterocycles. The van der Waals surface area contributed by atoms with Crippen molar-refractivity contribution in [1.82, 2.24) is 4.98 Å². The van der Waals surface area contributed by atoms with Crippen molar-refractivity contribution in [3.63, 3.8) is 0 Å². The zero-order chi connectivity index (χ0) is 12.5. The van der Waals surface area contributed by atoms with Crippen LogP contribution in [0, 0.1) is 0 Å². The molecule has 1 unspecified atom stereocenters. The molecule has 3 nitrogen and oxygen atoms in total. The summed E-state index contributed by atoms with van der Waals surface area (Å²) in [5.74, 6) is 1.63. The number of aliphatic hydroxyl groups excluding tert-OH is 1. The van der Waals surface area contributed by atoms with Crippen molar-refractivity contribution in [3.8, 4) is 0 Å². The van der Waals surface area contributed by atoms with Gasteiger partial charge in [0.2, 0.25) is 0 Å². The van der Waals surface area contributed by atoms with Crippen LogP contribution in [0.1, 0.15) is 29.3 Å². The number of nitrogens with zero attached hydrogens (tertiary/aromatic N) is 1. The molecule has 1 aliphatic rings. The van der Waals surface area contributed by atoms with E-state index >= 15 is 0 Å². The van der Waals surface area contributed by atoms with Gasteiger partial charge in [-0.15, -0.1) is 0 Å². The monoisotopic (exact) mass is 263 g/mol. The summed E-state index contributed by atoms with van der Waals surface area (Å²) in [5.41, 5.74) is 1.99. The van der Waals surface area contributed by atoms with E-state index in [1.54, 1.807) is 0 Å². The van der Waals surface area contributed by atoms with Gasteiger partial charge in [0, 0.05) is 24.3 Å². The highest BCUT2D eigenvalue weighted by Crippen LogP contribution is 2.23. The SMILES string of the molecule is OC1CCc2oc(Cc3cccc(Cl)c3)nc2C1. The molecule has 4 heteroatoms. The molecule has 1 aromatic carbocycles. The predicted octanol–water partition coefficient (Wildman–Crippen LogP) is 2.77. The van der Waals surface area contributed by atoms with E-state index in [0.29, 0.717) is 18.7 Å². The summed E-state index contributed by atoms with van der Waals surface area (Å²) in [4.78, 5) is 4.46. The molecule has 2 aromatic rings. The largest absolute Gasteiger partial charge is 0.445 e. The number of aromatic nitrogens is 1. The van der Waals surface area contributed by atoms with Crippen LogP contribution in [-0.2, 0) is 19.3 Å². The lowest BCUT2D eigenvalue weighted by Gasteiger charge is -2.13. The minimum atomic E-state index is -0.276. The van der Waals surface area contributed by atoms with Crippen molar-refractivity contribution in [2.45, 2.75) is 31.8 Å². The van der Waals surface area contributed by atoms with Gasteiger partial charge < -0.3 is 9.52 Å². The van der Waals surface area contributed by atoms with Gasteiger partial charge in [0.05, 0.1) is 11.8 Å². The Bertz CT molecular complexity index is 565. The molecular weight excluding hydrogens is 250 g/mol. The highest BCUT2D eigenvalue weighted by Gasteiger charge is 2.22. The highest BCUT2D eigenvalue weighted by atomic mass is 35.5. The first kappa shape index (κ1) is 11.8. The molecule has 0 bridgehead atoms. The average molecular weight is 264 g/mol. The molecule has 1 N–H and O–H groups in total. The van der Waals surface area contributed by atoms with E-state index in [0.717, 1.165) is 34.9 Å². The molecule has 0 amide bonds. The standard InChI is InChI=1S/C14H14ClNO2/c15-10-3-1-2-9(6-10)7-14-16-12-8-11(17)4-5-13(12)18-14/h1-3,6,11,17H,4-5,7-8H2. The number of fused-ring (bicyclic) bond motifs is 1. The molecular formula is C14H14ClNO2. The van der Waals surface area contributed by atoms with Gasteiger partial charge in [-0.3, -0.25) is 0 Å². The third-order valence-corrected chi connectivity index (χ3v) is 3.44. The average Bonchev–Trinajstić information content (AvgIpc) is 2.70. The quantitative estimate of drug-likeness (QED) is 0.906. The number of halogens is 1. The van der Waals surface area contributed by atoms with Crippen LogP contribution in [0.2, 0.25) is 5.02 Å². The zero-order valence-corrected chi connectivity index (χ0v) is 10.7. The normalized spacial score (nSPS) is 18.7. The molecule has 1 aliphatic carbocycles. The third kappa shape index (κ3) is 2.42. The van der Waals surface area contributed by atoms with Crippen LogP contribution in [0.4, 0.5) is 0 Å². The van der Waals surface area contributed by atoms with Crippen molar-refractivity contribution in [1.29, 1.82) is 0 Å². The molecule has 0 saturated carbocycles. The van der Waals surface area contributed by atoms with Gasteiger partial charge in [-0.05, 0) is 24.1 Å². The number of hydrogen-bond donors (Lipinski definition) is 1. The summed E-state index contributed by atoms with van der Waals surface area (Å²) >= 11 is 5.95. The topological polar surface area (TPSA) is 46.3 Å². The Labute approximate surface area is 110 Å². The van der Waals surface area contributed by atoms with Crippen LogP contribution >= 0.6 is 11.6 Å². The van der Waals surface area contributed by atoms with Crippen molar-refractivity contribution < 1.29 is 9.52 Å². The molecule has 3 rings (SSSR count). The first-order valence-electron chi connectivity index (χ1n) is 6.10. The van der Waals surface area contributed by atoms with E-state index < -0.39 is 0 Å². The number of hydrogen-bond acceptors (Lipinski definition) is 3. The Hall–Kier alpha value is -1.32. The first-order valence-corrected chi connectivity index (χ1v) is 6.48. The fourth-order valence-corrected chi connectivity index (χ4v) is 2.52. The zero-order valence-electron chi connectivity index (χ0n) is 9.90. The summed E-state index contributed by atoms with van der Waals surface area (Å²) in [6, 6.07) is 7.69. The van der Waals surface area contributed by atoms with Crippen molar-refractivity contribution in [2.75, 3.05) is 0 Å². The molecule has 0 fully saturated rings. The third-order valence-electron chi connectivity index (χ3n) is 3.20. The fraction of sp³-hybridized carbons (Fsp3) is 0.357. The second-order valence-electron chi connectivity index (χ2n) is 4.68. The van der Waals surface area contributed by atoms with Crippen LogP contribution in [0.15, 0.2) is 28.7 Å². The van der Waals surface area contributed by atoms with E-state index in [4.69, 9.17) is 16.0 Å². The summed E-state index contributed by atoms with van der Waals surface area (Å²) < 4.78 is 5.73. The Kier molecular flexibility index (Phi) is 3.10. The van der Waals surface area contributed by atoms with Gasteiger partial charge in [0.1, 0.15) is 5.76 Å². The lowest BCUT2D eigenvalue weighted by atomic mass is 9.99.